The normalized spacial score (nSPS) is 16.0. The number of rotatable bonds is 2. The molecule has 23 heavy (non-hydrogen) atoms. The third-order valence-corrected chi connectivity index (χ3v) is 3.57. The second kappa shape index (κ2) is 7.02. The van der Waals surface area contributed by atoms with Crippen LogP contribution in [0.3, 0.4) is 0 Å². The predicted molar refractivity (Wildman–Crippen MR) is 91.0 cm³/mol. The van der Waals surface area contributed by atoms with Crippen molar-refractivity contribution < 1.29 is 9.53 Å². The molecule has 0 spiro atoms. The van der Waals surface area contributed by atoms with Gasteiger partial charge < -0.3 is 19.4 Å². The van der Waals surface area contributed by atoms with E-state index in [2.05, 4.69) is 14.9 Å². The first kappa shape index (κ1) is 17.3. The molecule has 128 valence electrons. The van der Waals surface area contributed by atoms with Crippen LogP contribution in [0.25, 0.3) is 0 Å². The van der Waals surface area contributed by atoms with Gasteiger partial charge in [-0.25, -0.2) is 14.8 Å². The van der Waals surface area contributed by atoms with E-state index in [4.69, 9.17) is 4.74 Å². The second-order valence-electron chi connectivity index (χ2n) is 6.94. The van der Waals surface area contributed by atoms with Gasteiger partial charge >= 0.3 is 6.09 Å². The van der Waals surface area contributed by atoms with Crippen molar-refractivity contribution in [2.45, 2.75) is 32.8 Å². The first-order valence-electron chi connectivity index (χ1n) is 7.98. The van der Waals surface area contributed by atoms with Crippen molar-refractivity contribution >= 4 is 17.7 Å². The number of nitrogens with zero attached hydrogens (tertiary/aromatic N) is 5. The quantitative estimate of drug-likeness (QED) is 0.830. The van der Waals surface area contributed by atoms with Crippen LogP contribution in [0.15, 0.2) is 12.4 Å². The molecule has 0 aliphatic carbocycles. The van der Waals surface area contributed by atoms with Gasteiger partial charge in [0.05, 0.1) is 0 Å². The van der Waals surface area contributed by atoms with Crippen molar-refractivity contribution in [2.75, 3.05) is 50.1 Å². The van der Waals surface area contributed by atoms with Gasteiger partial charge in [0.1, 0.15) is 23.6 Å². The van der Waals surface area contributed by atoms with Crippen LogP contribution in [-0.2, 0) is 4.74 Å². The summed E-state index contributed by atoms with van der Waals surface area (Å²) in [5, 5.41) is 0. The van der Waals surface area contributed by atoms with Crippen LogP contribution in [-0.4, -0.2) is 66.8 Å². The fraction of sp³-hybridized carbons (Fsp3) is 0.688. The van der Waals surface area contributed by atoms with Gasteiger partial charge in [0.25, 0.3) is 0 Å². The number of carbonyl (C=O) groups excluding carboxylic acids is 1. The van der Waals surface area contributed by atoms with Crippen LogP contribution in [0.4, 0.5) is 16.4 Å². The van der Waals surface area contributed by atoms with Crippen LogP contribution < -0.4 is 9.80 Å². The second-order valence-corrected chi connectivity index (χ2v) is 6.94. The fourth-order valence-corrected chi connectivity index (χ4v) is 2.41. The smallest absolute Gasteiger partial charge is 0.410 e. The van der Waals surface area contributed by atoms with Crippen LogP contribution in [0.2, 0.25) is 0 Å². The average Bonchev–Trinajstić information content (AvgIpc) is 2.71. The zero-order chi connectivity index (χ0) is 17.0. The fourth-order valence-electron chi connectivity index (χ4n) is 2.41. The van der Waals surface area contributed by atoms with Gasteiger partial charge in [-0.3, -0.25) is 0 Å². The lowest BCUT2D eigenvalue weighted by Gasteiger charge is -2.26. The highest BCUT2D eigenvalue weighted by molar-refractivity contribution is 5.68. The highest BCUT2D eigenvalue weighted by atomic mass is 16.6. The van der Waals surface area contributed by atoms with E-state index in [9.17, 15) is 4.79 Å². The zero-order valence-corrected chi connectivity index (χ0v) is 14.7. The van der Waals surface area contributed by atoms with Crippen molar-refractivity contribution in [3.8, 4) is 0 Å². The van der Waals surface area contributed by atoms with E-state index >= 15 is 0 Å². The lowest BCUT2D eigenvalue weighted by atomic mass is 10.2. The summed E-state index contributed by atoms with van der Waals surface area (Å²) < 4.78 is 5.46. The van der Waals surface area contributed by atoms with E-state index in [-0.39, 0.29) is 6.09 Å². The molecular formula is C16H27N5O2. The summed E-state index contributed by atoms with van der Waals surface area (Å²) in [7, 11) is 3.91. The van der Waals surface area contributed by atoms with Crippen molar-refractivity contribution in [1.29, 1.82) is 0 Å². The Balaban J connectivity index is 2.01. The van der Waals surface area contributed by atoms with E-state index in [1.54, 1.807) is 11.2 Å². The molecule has 1 amide bonds. The number of carbonyl (C=O) groups is 1. The third kappa shape index (κ3) is 4.97. The largest absolute Gasteiger partial charge is 0.444 e. The van der Waals surface area contributed by atoms with Gasteiger partial charge in [-0.2, -0.15) is 0 Å². The lowest BCUT2D eigenvalue weighted by molar-refractivity contribution is 0.0263. The number of ether oxygens (including phenoxy) is 1. The SMILES string of the molecule is CN(C)c1cc(N2CCCN(C(=O)OC(C)(C)C)CC2)ncn1. The van der Waals surface area contributed by atoms with Crippen LogP contribution in [0.1, 0.15) is 27.2 Å². The molecule has 1 aliphatic heterocycles. The van der Waals surface area contributed by atoms with Crippen LogP contribution in [0, 0.1) is 0 Å². The molecule has 1 fully saturated rings. The minimum absolute atomic E-state index is 0.240. The topological polar surface area (TPSA) is 61.8 Å². The molecule has 1 aromatic heterocycles. The maximum atomic E-state index is 12.2. The predicted octanol–water partition coefficient (Wildman–Crippen LogP) is 1.99. The Kier molecular flexibility index (Phi) is 5.28. The van der Waals surface area contributed by atoms with Gasteiger partial charge in [-0.05, 0) is 27.2 Å². The van der Waals surface area contributed by atoms with Crippen LogP contribution >= 0.6 is 0 Å². The number of amides is 1. The summed E-state index contributed by atoms with van der Waals surface area (Å²) in [6, 6.07) is 1.98. The number of aromatic nitrogens is 2. The summed E-state index contributed by atoms with van der Waals surface area (Å²) >= 11 is 0. The first-order chi connectivity index (χ1) is 10.8. The molecule has 2 rings (SSSR count). The maximum absolute atomic E-state index is 12.2. The van der Waals surface area contributed by atoms with Crippen molar-refractivity contribution in [3.63, 3.8) is 0 Å². The number of anilines is 2. The monoisotopic (exact) mass is 321 g/mol. The summed E-state index contributed by atoms with van der Waals surface area (Å²) in [6.07, 6.45) is 2.23. The average molecular weight is 321 g/mol. The Bertz CT molecular complexity index is 542. The first-order valence-corrected chi connectivity index (χ1v) is 7.98. The van der Waals surface area contributed by atoms with Gasteiger partial charge in [-0.15, -0.1) is 0 Å². The molecule has 0 N–H and O–H groups in total. The molecule has 0 radical (unpaired) electrons. The number of hydrogen-bond acceptors (Lipinski definition) is 6. The van der Waals surface area contributed by atoms with E-state index in [0.29, 0.717) is 13.1 Å². The molecule has 1 aromatic rings. The van der Waals surface area contributed by atoms with Crippen molar-refractivity contribution in [3.05, 3.63) is 12.4 Å². The standard InChI is InChI=1S/C16H27N5O2/c1-16(2,3)23-15(22)21-8-6-7-20(9-10-21)14-11-13(19(4)5)17-12-18-14/h11-12H,6-10H2,1-5H3. The Morgan fingerprint density at radius 3 is 2.57 bits per heavy atom. The van der Waals surface area contributed by atoms with Gasteiger partial charge in [0, 0.05) is 46.3 Å². The summed E-state index contributed by atoms with van der Waals surface area (Å²) in [5.41, 5.74) is -0.462. The highest BCUT2D eigenvalue weighted by Crippen LogP contribution is 2.18. The molecule has 0 saturated carbocycles. The van der Waals surface area contributed by atoms with Crippen molar-refractivity contribution in [2.24, 2.45) is 0 Å². The molecule has 1 saturated heterocycles. The zero-order valence-electron chi connectivity index (χ0n) is 14.7. The Labute approximate surface area is 138 Å². The molecule has 0 bridgehead atoms. The minimum atomic E-state index is -0.462. The molecule has 1 aliphatic rings. The molecule has 0 unspecified atom stereocenters. The highest BCUT2D eigenvalue weighted by Gasteiger charge is 2.24. The van der Waals surface area contributed by atoms with Gasteiger partial charge in [-0.1, -0.05) is 0 Å². The van der Waals surface area contributed by atoms with E-state index < -0.39 is 5.60 Å². The molecule has 2 heterocycles. The molecular weight excluding hydrogens is 294 g/mol. The minimum Gasteiger partial charge on any atom is -0.444 e. The van der Waals surface area contributed by atoms with Gasteiger partial charge in [0.2, 0.25) is 0 Å². The van der Waals surface area contributed by atoms with E-state index in [1.165, 1.54) is 0 Å². The summed E-state index contributed by atoms with van der Waals surface area (Å²) in [6.45, 7) is 8.61. The summed E-state index contributed by atoms with van der Waals surface area (Å²) in [4.78, 5) is 26.7. The maximum Gasteiger partial charge on any atom is 0.410 e. The molecule has 7 nitrogen and oxygen atoms in total. The molecule has 0 atom stereocenters. The van der Waals surface area contributed by atoms with E-state index in [0.717, 1.165) is 31.1 Å². The molecule has 0 aromatic carbocycles. The lowest BCUT2D eigenvalue weighted by Crippen LogP contribution is -2.39. The Morgan fingerprint density at radius 1 is 1.17 bits per heavy atom. The number of hydrogen-bond donors (Lipinski definition) is 0. The third-order valence-electron chi connectivity index (χ3n) is 3.57. The van der Waals surface area contributed by atoms with E-state index in [1.807, 2.05) is 45.8 Å². The Morgan fingerprint density at radius 2 is 1.91 bits per heavy atom. The Hall–Kier alpha value is -2.05. The summed E-state index contributed by atoms with van der Waals surface area (Å²) in [5.74, 6) is 1.78. The van der Waals surface area contributed by atoms with Crippen LogP contribution in [0.5, 0.6) is 0 Å². The van der Waals surface area contributed by atoms with Gasteiger partial charge in [0.15, 0.2) is 0 Å². The molecule has 7 heteroatoms. The van der Waals surface area contributed by atoms with Crippen molar-refractivity contribution in [1.82, 2.24) is 14.9 Å².